The van der Waals surface area contributed by atoms with E-state index >= 15 is 0 Å². The van der Waals surface area contributed by atoms with Crippen LogP contribution in [0.25, 0.3) is 0 Å². The summed E-state index contributed by atoms with van der Waals surface area (Å²) in [5.74, 6) is -0.296. The Labute approximate surface area is 107 Å². The van der Waals surface area contributed by atoms with Gasteiger partial charge in [-0.25, -0.2) is 13.4 Å². The highest BCUT2D eigenvalue weighted by Crippen LogP contribution is 2.22. The third kappa shape index (κ3) is 2.95. The topological polar surface area (TPSA) is 88.2 Å². The number of aromatic nitrogens is 1. The number of amides is 1. The summed E-state index contributed by atoms with van der Waals surface area (Å²) < 4.78 is 26.3. The maximum absolute atomic E-state index is 11.9. The molecular weight excluding hydrogens is 286 g/mol. The van der Waals surface area contributed by atoms with Crippen LogP contribution in [-0.2, 0) is 14.8 Å². The summed E-state index contributed by atoms with van der Waals surface area (Å²) in [6.45, 7) is 0.587. The van der Waals surface area contributed by atoms with Gasteiger partial charge in [0.2, 0.25) is 5.91 Å². The van der Waals surface area contributed by atoms with Gasteiger partial charge in [0, 0.05) is 6.54 Å². The van der Waals surface area contributed by atoms with Gasteiger partial charge >= 0.3 is 0 Å². The van der Waals surface area contributed by atoms with Crippen molar-refractivity contribution in [3.8, 4) is 0 Å². The van der Waals surface area contributed by atoms with Crippen molar-refractivity contribution < 1.29 is 13.2 Å². The second kappa shape index (κ2) is 4.89. The first-order valence-electron chi connectivity index (χ1n) is 4.90. The van der Waals surface area contributed by atoms with Gasteiger partial charge < -0.3 is 5.32 Å². The van der Waals surface area contributed by atoms with Gasteiger partial charge in [-0.2, -0.15) is 4.72 Å². The minimum absolute atomic E-state index is 0.0147. The van der Waals surface area contributed by atoms with E-state index in [1.807, 2.05) is 0 Å². The molecule has 1 atom stereocenters. The molecule has 1 aliphatic heterocycles. The lowest BCUT2D eigenvalue weighted by Crippen LogP contribution is -2.49. The quantitative estimate of drug-likeness (QED) is 0.842. The van der Waals surface area contributed by atoms with E-state index in [-0.39, 0.29) is 14.6 Å². The Balaban J connectivity index is 2.14. The third-order valence-corrected chi connectivity index (χ3v) is 5.35. The molecule has 94 valence electrons. The average molecular weight is 296 g/mol. The number of piperidine rings is 1. The first kappa shape index (κ1) is 12.7. The van der Waals surface area contributed by atoms with Crippen LogP contribution < -0.4 is 10.0 Å². The molecule has 0 bridgehead atoms. The summed E-state index contributed by atoms with van der Waals surface area (Å²) in [6, 6.07) is -0.713. The Kier molecular flexibility index (Phi) is 3.67. The first-order valence-corrected chi connectivity index (χ1v) is 7.58. The summed E-state index contributed by atoms with van der Waals surface area (Å²) in [6.07, 6.45) is 2.43. The Morgan fingerprint density at radius 3 is 2.94 bits per heavy atom. The van der Waals surface area contributed by atoms with Crippen molar-refractivity contribution in [1.29, 1.82) is 0 Å². The van der Waals surface area contributed by atoms with E-state index in [0.717, 1.165) is 17.8 Å². The molecule has 9 heteroatoms. The number of halogens is 1. The zero-order valence-corrected chi connectivity index (χ0v) is 11.0. The monoisotopic (exact) mass is 295 g/mol. The summed E-state index contributed by atoms with van der Waals surface area (Å²) in [4.78, 5) is 15.1. The van der Waals surface area contributed by atoms with E-state index in [2.05, 4.69) is 15.0 Å². The zero-order chi connectivity index (χ0) is 12.5. The predicted octanol–water partition coefficient (Wildman–Crippen LogP) is 0.353. The van der Waals surface area contributed by atoms with Crippen molar-refractivity contribution in [3.05, 3.63) is 10.7 Å². The fourth-order valence-corrected chi connectivity index (χ4v) is 4.03. The van der Waals surface area contributed by atoms with Crippen LogP contribution in [0.15, 0.2) is 10.4 Å². The maximum atomic E-state index is 11.9. The molecule has 1 unspecified atom stereocenters. The van der Waals surface area contributed by atoms with Gasteiger partial charge in [-0.3, -0.25) is 4.79 Å². The van der Waals surface area contributed by atoms with Crippen molar-refractivity contribution in [2.75, 3.05) is 6.54 Å². The van der Waals surface area contributed by atoms with Crippen LogP contribution >= 0.6 is 22.9 Å². The van der Waals surface area contributed by atoms with Gasteiger partial charge in [0.15, 0.2) is 8.68 Å². The highest BCUT2D eigenvalue weighted by Gasteiger charge is 2.28. The lowest BCUT2D eigenvalue weighted by molar-refractivity contribution is -0.124. The third-order valence-electron chi connectivity index (χ3n) is 2.30. The Morgan fingerprint density at radius 1 is 1.59 bits per heavy atom. The minimum Gasteiger partial charge on any atom is -0.355 e. The van der Waals surface area contributed by atoms with Crippen LogP contribution in [0.4, 0.5) is 0 Å². The Hall–Kier alpha value is -0.700. The molecule has 2 heterocycles. The van der Waals surface area contributed by atoms with E-state index in [0.29, 0.717) is 13.0 Å². The van der Waals surface area contributed by atoms with E-state index in [1.54, 1.807) is 0 Å². The number of sulfonamides is 1. The van der Waals surface area contributed by atoms with Gasteiger partial charge in [0.1, 0.15) is 6.04 Å². The second-order valence-corrected chi connectivity index (χ2v) is 7.09. The predicted molar refractivity (Wildman–Crippen MR) is 63.5 cm³/mol. The largest absolute Gasteiger partial charge is 0.355 e. The fourth-order valence-electron chi connectivity index (χ4n) is 1.49. The van der Waals surface area contributed by atoms with Crippen molar-refractivity contribution in [2.24, 2.45) is 0 Å². The summed E-state index contributed by atoms with van der Waals surface area (Å²) >= 11 is 6.43. The number of carbonyl (C=O) groups is 1. The molecule has 17 heavy (non-hydrogen) atoms. The molecule has 2 N–H and O–H groups in total. The number of hydrogen-bond acceptors (Lipinski definition) is 5. The molecule has 0 saturated carbocycles. The van der Waals surface area contributed by atoms with Crippen molar-refractivity contribution in [2.45, 2.75) is 23.1 Å². The highest BCUT2D eigenvalue weighted by atomic mass is 35.5. The molecule has 6 nitrogen and oxygen atoms in total. The number of carbonyl (C=O) groups excluding carboxylic acids is 1. The standard InChI is InChI=1S/C8H10ClN3O3S2/c9-8-11-4-6(16-8)17(14,15)12-5-2-1-3-10-7(5)13/h4-5,12H,1-3H2,(H,10,13). The van der Waals surface area contributed by atoms with Crippen LogP contribution in [-0.4, -0.2) is 31.9 Å². The molecule has 0 aliphatic carbocycles. The van der Waals surface area contributed by atoms with Crippen molar-refractivity contribution in [1.82, 2.24) is 15.0 Å². The van der Waals surface area contributed by atoms with Crippen LogP contribution in [0.5, 0.6) is 0 Å². The van der Waals surface area contributed by atoms with E-state index < -0.39 is 16.1 Å². The maximum Gasteiger partial charge on any atom is 0.252 e. The average Bonchev–Trinajstić information content (AvgIpc) is 2.69. The summed E-state index contributed by atoms with van der Waals surface area (Å²) in [5, 5.41) is 2.61. The molecule has 1 aliphatic rings. The molecule has 2 rings (SSSR count). The van der Waals surface area contributed by atoms with E-state index in [4.69, 9.17) is 11.6 Å². The Morgan fingerprint density at radius 2 is 2.35 bits per heavy atom. The molecule has 1 aromatic heterocycles. The fraction of sp³-hybridized carbons (Fsp3) is 0.500. The number of rotatable bonds is 3. The lowest BCUT2D eigenvalue weighted by atomic mass is 10.1. The van der Waals surface area contributed by atoms with Crippen molar-refractivity contribution in [3.63, 3.8) is 0 Å². The van der Waals surface area contributed by atoms with E-state index in [1.165, 1.54) is 6.20 Å². The summed E-state index contributed by atoms with van der Waals surface area (Å²) in [7, 11) is -3.71. The van der Waals surface area contributed by atoms with Gasteiger partial charge in [0.25, 0.3) is 10.0 Å². The number of nitrogens with zero attached hydrogens (tertiary/aromatic N) is 1. The van der Waals surface area contributed by atoms with Crippen LogP contribution in [0, 0.1) is 0 Å². The van der Waals surface area contributed by atoms with Crippen LogP contribution in [0.3, 0.4) is 0 Å². The van der Waals surface area contributed by atoms with Gasteiger partial charge in [-0.1, -0.05) is 22.9 Å². The number of thiazole rings is 1. The van der Waals surface area contributed by atoms with Crippen LogP contribution in [0.1, 0.15) is 12.8 Å². The molecule has 0 spiro atoms. The van der Waals surface area contributed by atoms with Crippen molar-refractivity contribution >= 4 is 38.9 Å². The molecule has 0 radical (unpaired) electrons. The normalized spacial score (nSPS) is 21.2. The lowest BCUT2D eigenvalue weighted by Gasteiger charge is -2.22. The molecule has 1 amide bonds. The molecular formula is C8H10ClN3O3S2. The molecule has 0 aromatic carbocycles. The molecule has 1 fully saturated rings. The van der Waals surface area contributed by atoms with E-state index in [9.17, 15) is 13.2 Å². The SMILES string of the molecule is O=C1NCCCC1NS(=O)(=O)c1cnc(Cl)s1. The number of hydrogen-bond donors (Lipinski definition) is 2. The number of nitrogens with one attached hydrogen (secondary N) is 2. The Bertz CT molecular complexity index is 528. The molecule has 1 aromatic rings. The van der Waals surface area contributed by atoms with Gasteiger partial charge in [0.05, 0.1) is 6.20 Å². The molecule has 1 saturated heterocycles. The highest BCUT2D eigenvalue weighted by molar-refractivity contribution is 7.91. The smallest absolute Gasteiger partial charge is 0.252 e. The first-order chi connectivity index (χ1) is 7.99. The minimum atomic E-state index is -3.71. The van der Waals surface area contributed by atoms with Crippen LogP contribution in [0.2, 0.25) is 4.47 Å². The van der Waals surface area contributed by atoms with Gasteiger partial charge in [-0.15, -0.1) is 0 Å². The summed E-state index contributed by atoms with van der Waals surface area (Å²) in [5.41, 5.74) is 0. The van der Waals surface area contributed by atoms with Gasteiger partial charge in [-0.05, 0) is 12.8 Å². The second-order valence-electron chi connectivity index (χ2n) is 3.54. The zero-order valence-electron chi connectivity index (χ0n) is 8.64.